The molecule has 3 aromatic heterocycles. The van der Waals surface area contributed by atoms with Crippen LogP contribution >= 0.6 is 0 Å². The van der Waals surface area contributed by atoms with Crippen LogP contribution in [0.4, 0.5) is 0 Å². The quantitative estimate of drug-likeness (QED) is 0.191. The van der Waals surface area contributed by atoms with Crippen molar-refractivity contribution in [1.82, 2.24) is 19.1 Å². The number of imidazole rings is 2. The lowest BCUT2D eigenvalue weighted by molar-refractivity contribution is 0.669. The molecule has 0 atom stereocenters. The smallest absolute Gasteiger partial charge is 0.146 e. The van der Waals surface area contributed by atoms with E-state index in [-0.39, 0.29) is 0 Å². The maximum atomic E-state index is 6.47. The molecule has 10 aromatic rings. The summed E-state index contributed by atoms with van der Waals surface area (Å²) in [7, 11) is 0. The highest BCUT2D eigenvalue weighted by atomic mass is 16.3. The summed E-state index contributed by atoms with van der Waals surface area (Å²) in [6.07, 6.45) is 0. The van der Waals surface area contributed by atoms with Gasteiger partial charge in [0.1, 0.15) is 22.8 Å². The van der Waals surface area contributed by atoms with Crippen LogP contribution in [0.2, 0.25) is 0 Å². The Kier molecular flexibility index (Phi) is 6.11. The zero-order chi connectivity index (χ0) is 32.3. The van der Waals surface area contributed by atoms with Gasteiger partial charge in [-0.2, -0.15) is 0 Å². The third kappa shape index (κ3) is 4.40. The molecule has 0 bridgehead atoms. The fraction of sp³-hybridized carbons (Fsp3) is 0. The molecule has 0 aliphatic carbocycles. The van der Waals surface area contributed by atoms with Crippen LogP contribution < -0.4 is 0 Å². The van der Waals surface area contributed by atoms with Gasteiger partial charge in [0.15, 0.2) is 0 Å². The fourth-order valence-corrected chi connectivity index (χ4v) is 7.13. The van der Waals surface area contributed by atoms with Crippen LogP contribution in [-0.4, -0.2) is 19.1 Å². The summed E-state index contributed by atoms with van der Waals surface area (Å²) in [5.41, 5.74) is 12.2. The SMILES string of the molecule is c1ccc(-n2c(-c3cccc(-c4ccc5oc6cccc(-c7nc8ccccc8n7-c7ccccc7)c6c5c4)c3)nc3ccccc32)cc1. The van der Waals surface area contributed by atoms with Gasteiger partial charge >= 0.3 is 0 Å². The zero-order valence-corrected chi connectivity index (χ0v) is 26.4. The molecule has 0 fully saturated rings. The summed E-state index contributed by atoms with van der Waals surface area (Å²) in [4.78, 5) is 10.3. The van der Waals surface area contributed by atoms with Gasteiger partial charge in [0.05, 0.1) is 22.1 Å². The highest BCUT2D eigenvalue weighted by molar-refractivity contribution is 6.13. The van der Waals surface area contributed by atoms with E-state index in [9.17, 15) is 0 Å². The molecule has 0 amide bonds. The van der Waals surface area contributed by atoms with Gasteiger partial charge in [-0.3, -0.25) is 9.13 Å². The minimum absolute atomic E-state index is 0.835. The molecule has 0 aliphatic rings. The number of rotatable bonds is 5. The molecule has 0 saturated carbocycles. The first-order chi connectivity index (χ1) is 24.3. The first-order valence-corrected chi connectivity index (χ1v) is 16.4. The van der Waals surface area contributed by atoms with Crippen LogP contribution in [0.25, 0.3) is 89.3 Å². The Labute approximate surface area is 282 Å². The monoisotopic (exact) mass is 628 g/mol. The Hall–Kier alpha value is -6.72. The summed E-state index contributed by atoms with van der Waals surface area (Å²) in [5, 5.41) is 2.10. The van der Waals surface area contributed by atoms with Crippen molar-refractivity contribution in [2.45, 2.75) is 0 Å². The van der Waals surface area contributed by atoms with Crippen molar-refractivity contribution >= 4 is 44.0 Å². The highest BCUT2D eigenvalue weighted by Crippen LogP contribution is 2.40. The Morgan fingerprint density at radius 3 is 1.69 bits per heavy atom. The Morgan fingerprint density at radius 2 is 0.980 bits per heavy atom. The van der Waals surface area contributed by atoms with Crippen molar-refractivity contribution in [1.29, 1.82) is 0 Å². The normalized spacial score (nSPS) is 11.7. The molecule has 230 valence electrons. The van der Waals surface area contributed by atoms with E-state index in [1.165, 1.54) is 0 Å². The topological polar surface area (TPSA) is 48.8 Å². The first kappa shape index (κ1) is 27.4. The van der Waals surface area contributed by atoms with Crippen molar-refractivity contribution in [2.75, 3.05) is 0 Å². The van der Waals surface area contributed by atoms with Gasteiger partial charge in [0.2, 0.25) is 0 Å². The second-order valence-corrected chi connectivity index (χ2v) is 12.3. The lowest BCUT2D eigenvalue weighted by atomic mass is 9.99. The average Bonchev–Trinajstić information content (AvgIpc) is 3.87. The standard InChI is InChI=1S/C44H28N4O/c1-3-15-32(16-4-1)47-38-22-9-7-20-36(38)45-43(47)31-14-11-13-29(27-31)30-25-26-40-35(28-30)42-34(19-12-24-41(42)49-40)44-46-37-21-8-10-23-39(37)48(44)33-17-5-2-6-18-33/h1-28H. The third-order valence-corrected chi connectivity index (χ3v) is 9.34. The molecule has 0 N–H and O–H groups in total. The van der Waals surface area contributed by atoms with Gasteiger partial charge in [-0.1, -0.05) is 97.1 Å². The molecule has 0 spiro atoms. The largest absolute Gasteiger partial charge is 0.456 e. The van der Waals surface area contributed by atoms with Crippen molar-refractivity contribution in [3.63, 3.8) is 0 Å². The van der Waals surface area contributed by atoms with Crippen molar-refractivity contribution < 1.29 is 4.42 Å². The Morgan fingerprint density at radius 1 is 0.408 bits per heavy atom. The van der Waals surface area contributed by atoms with Gasteiger partial charge in [0, 0.05) is 33.3 Å². The molecule has 3 heterocycles. The van der Waals surface area contributed by atoms with Crippen LogP contribution in [0, 0.1) is 0 Å². The van der Waals surface area contributed by atoms with E-state index < -0.39 is 0 Å². The molecule has 49 heavy (non-hydrogen) atoms. The minimum atomic E-state index is 0.835. The molecule has 0 radical (unpaired) electrons. The van der Waals surface area contributed by atoms with E-state index in [4.69, 9.17) is 14.4 Å². The summed E-state index contributed by atoms with van der Waals surface area (Å²) in [6.45, 7) is 0. The van der Waals surface area contributed by atoms with E-state index in [0.717, 1.165) is 89.3 Å². The van der Waals surface area contributed by atoms with Gasteiger partial charge in [-0.15, -0.1) is 0 Å². The Balaban J connectivity index is 1.16. The molecule has 5 heteroatoms. The molecule has 0 unspecified atom stereocenters. The maximum absolute atomic E-state index is 6.47. The molecule has 0 saturated heterocycles. The van der Waals surface area contributed by atoms with E-state index in [2.05, 4.69) is 149 Å². The van der Waals surface area contributed by atoms with Crippen molar-refractivity contribution in [2.24, 2.45) is 0 Å². The van der Waals surface area contributed by atoms with Crippen LogP contribution in [0.5, 0.6) is 0 Å². The zero-order valence-electron chi connectivity index (χ0n) is 26.4. The first-order valence-electron chi connectivity index (χ1n) is 16.4. The van der Waals surface area contributed by atoms with E-state index in [0.29, 0.717) is 0 Å². The number of para-hydroxylation sites is 6. The maximum Gasteiger partial charge on any atom is 0.146 e. The lowest BCUT2D eigenvalue weighted by Gasteiger charge is -2.11. The van der Waals surface area contributed by atoms with Gasteiger partial charge in [-0.05, 0) is 83.9 Å². The summed E-state index contributed by atoms with van der Waals surface area (Å²) >= 11 is 0. The predicted molar refractivity (Wildman–Crippen MR) is 199 cm³/mol. The molecule has 10 rings (SSSR count). The molecular formula is C44H28N4O. The van der Waals surface area contributed by atoms with E-state index >= 15 is 0 Å². The van der Waals surface area contributed by atoms with Crippen LogP contribution in [0.3, 0.4) is 0 Å². The number of benzene rings is 7. The van der Waals surface area contributed by atoms with Gasteiger partial charge in [-0.25, -0.2) is 9.97 Å². The summed E-state index contributed by atoms with van der Waals surface area (Å²) < 4.78 is 11.0. The van der Waals surface area contributed by atoms with Crippen molar-refractivity contribution in [3.05, 3.63) is 170 Å². The fourth-order valence-electron chi connectivity index (χ4n) is 7.13. The third-order valence-electron chi connectivity index (χ3n) is 9.34. The molecule has 5 nitrogen and oxygen atoms in total. The van der Waals surface area contributed by atoms with Gasteiger partial charge in [0.25, 0.3) is 0 Å². The van der Waals surface area contributed by atoms with Crippen LogP contribution in [0.1, 0.15) is 0 Å². The van der Waals surface area contributed by atoms with Crippen LogP contribution in [0.15, 0.2) is 174 Å². The number of aromatic nitrogens is 4. The molecule has 7 aromatic carbocycles. The van der Waals surface area contributed by atoms with E-state index in [1.807, 2.05) is 30.3 Å². The number of fused-ring (bicyclic) bond motifs is 5. The molecular weight excluding hydrogens is 601 g/mol. The van der Waals surface area contributed by atoms with Gasteiger partial charge < -0.3 is 4.42 Å². The number of furan rings is 1. The summed E-state index contributed by atoms with van der Waals surface area (Å²) in [5.74, 6) is 1.79. The second kappa shape index (κ2) is 10.9. The average molecular weight is 629 g/mol. The number of hydrogen-bond acceptors (Lipinski definition) is 3. The second-order valence-electron chi connectivity index (χ2n) is 12.3. The lowest BCUT2D eigenvalue weighted by Crippen LogP contribution is -1.97. The number of hydrogen-bond donors (Lipinski definition) is 0. The molecule has 0 aliphatic heterocycles. The number of nitrogens with zero attached hydrogens (tertiary/aromatic N) is 4. The predicted octanol–water partition coefficient (Wildman–Crippen LogP) is 11.3. The Bertz CT molecular complexity index is 2830. The minimum Gasteiger partial charge on any atom is -0.456 e. The van der Waals surface area contributed by atoms with Crippen LogP contribution in [-0.2, 0) is 0 Å². The van der Waals surface area contributed by atoms with E-state index in [1.54, 1.807) is 0 Å². The van der Waals surface area contributed by atoms with Crippen molar-refractivity contribution in [3.8, 4) is 45.3 Å². The summed E-state index contributed by atoms with van der Waals surface area (Å²) in [6, 6.07) is 58.9. The highest BCUT2D eigenvalue weighted by Gasteiger charge is 2.20.